The van der Waals surface area contributed by atoms with Gasteiger partial charge in [0.2, 0.25) is 0 Å². The van der Waals surface area contributed by atoms with Gasteiger partial charge in [-0.15, -0.1) is 0 Å². The Morgan fingerprint density at radius 3 is 2.83 bits per heavy atom. The Balaban J connectivity index is 1.58. The molecule has 1 unspecified atom stereocenters. The summed E-state index contributed by atoms with van der Waals surface area (Å²) in [6.07, 6.45) is 8.40. The number of rotatable bonds is 8. The number of nitrogens with zero attached hydrogens (tertiary/aromatic N) is 2. The van der Waals surface area contributed by atoms with Crippen LogP contribution in [0, 0.1) is 5.92 Å². The minimum atomic E-state index is 0.256. The second-order valence-electron chi connectivity index (χ2n) is 6.65. The molecule has 0 bridgehead atoms. The summed E-state index contributed by atoms with van der Waals surface area (Å²) in [6, 6.07) is 4.30. The van der Waals surface area contributed by atoms with Gasteiger partial charge < -0.3 is 15.1 Å². The molecule has 1 atom stereocenters. The van der Waals surface area contributed by atoms with Crippen molar-refractivity contribution < 1.29 is 4.42 Å². The average Bonchev–Trinajstić information content (AvgIpc) is 3.04. The fourth-order valence-electron chi connectivity index (χ4n) is 3.24. The number of likely N-dealkylation sites (tertiary alicyclic amines) is 1. The fraction of sp³-hybridized carbons (Fsp3) is 0.722. The van der Waals surface area contributed by atoms with Gasteiger partial charge in [0.05, 0.1) is 18.8 Å². The molecule has 5 heteroatoms. The molecule has 0 radical (unpaired) electrons. The summed E-state index contributed by atoms with van der Waals surface area (Å²) >= 11 is 0. The minimum absolute atomic E-state index is 0.256. The molecule has 2 fully saturated rings. The lowest BCUT2D eigenvalue weighted by atomic mass is 10.2. The first kappa shape index (κ1) is 16.4. The van der Waals surface area contributed by atoms with Gasteiger partial charge in [0.1, 0.15) is 5.76 Å². The monoisotopic (exact) mass is 318 g/mol. The van der Waals surface area contributed by atoms with Crippen LogP contribution in [0.3, 0.4) is 0 Å². The summed E-state index contributed by atoms with van der Waals surface area (Å²) < 4.78 is 5.67. The zero-order chi connectivity index (χ0) is 15.9. The second kappa shape index (κ2) is 8.39. The van der Waals surface area contributed by atoms with E-state index in [9.17, 15) is 0 Å². The van der Waals surface area contributed by atoms with Crippen LogP contribution < -0.4 is 10.6 Å². The maximum atomic E-state index is 5.67. The maximum absolute atomic E-state index is 5.67. The van der Waals surface area contributed by atoms with E-state index in [-0.39, 0.29) is 6.04 Å². The molecule has 2 N–H and O–H groups in total. The van der Waals surface area contributed by atoms with Crippen LogP contribution in [0.4, 0.5) is 0 Å². The quantitative estimate of drug-likeness (QED) is 0.572. The highest BCUT2D eigenvalue weighted by Crippen LogP contribution is 2.31. The van der Waals surface area contributed by atoms with E-state index in [2.05, 4.69) is 28.5 Å². The molecule has 1 saturated carbocycles. The first-order valence-corrected chi connectivity index (χ1v) is 9.16. The highest BCUT2D eigenvalue weighted by molar-refractivity contribution is 5.79. The smallest absolute Gasteiger partial charge is 0.191 e. The molecule has 2 aliphatic rings. The molecule has 0 aromatic carbocycles. The number of aliphatic imine (C=N–C) groups is 1. The van der Waals surface area contributed by atoms with Crippen LogP contribution >= 0.6 is 0 Å². The molecule has 3 rings (SSSR count). The van der Waals surface area contributed by atoms with Gasteiger partial charge in [-0.3, -0.25) is 9.89 Å². The van der Waals surface area contributed by atoms with Gasteiger partial charge in [-0.2, -0.15) is 0 Å². The summed E-state index contributed by atoms with van der Waals surface area (Å²) in [4.78, 5) is 7.32. The summed E-state index contributed by atoms with van der Waals surface area (Å²) in [7, 11) is 0. The highest BCUT2D eigenvalue weighted by Gasteiger charge is 2.25. The Hall–Kier alpha value is -1.49. The van der Waals surface area contributed by atoms with Gasteiger partial charge in [0, 0.05) is 13.1 Å². The Morgan fingerprint density at radius 1 is 1.35 bits per heavy atom. The number of nitrogens with one attached hydrogen (secondary N) is 2. The van der Waals surface area contributed by atoms with Gasteiger partial charge in [0.15, 0.2) is 5.96 Å². The van der Waals surface area contributed by atoms with E-state index >= 15 is 0 Å². The van der Waals surface area contributed by atoms with Crippen molar-refractivity contribution >= 4 is 5.96 Å². The Morgan fingerprint density at radius 2 is 2.17 bits per heavy atom. The molecule has 1 aromatic heterocycles. The van der Waals surface area contributed by atoms with Crippen LogP contribution in [-0.2, 0) is 0 Å². The molecule has 0 amide bonds. The van der Waals surface area contributed by atoms with Gasteiger partial charge in [-0.1, -0.05) is 12.8 Å². The van der Waals surface area contributed by atoms with Crippen LogP contribution in [0.15, 0.2) is 27.8 Å². The largest absolute Gasteiger partial charge is 0.468 e. The Bertz CT molecular complexity index is 475. The predicted molar refractivity (Wildman–Crippen MR) is 93.6 cm³/mol. The van der Waals surface area contributed by atoms with Gasteiger partial charge in [-0.25, -0.2) is 0 Å². The third kappa shape index (κ3) is 4.99. The first-order chi connectivity index (χ1) is 11.4. The lowest BCUT2D eigenvalue weighted by Gasteiger charge is -2.24. The lowest BCUT2D eigenvalue weighted by Crippen LogP contribution is -2.39. The topological polar surface area (TPSA) is 52.8 Å². The van der Waals surface area contributed by atoms with Crippen molar-refractivity contribution in [1.29, 1.82) is 0 Å². The van der Waals surface area contributed by atoms with Crippen molar-refractivity contribution in [3.63, 3.8) is 0 Å². The normalized spacial score (nSPS) is 20.7. The molecule has 1 aliphatic heterocycles. The molecular weight excluding hydrogens is 288 g/mol. The Kier molecular flexibility index (Phi) is 5.97. The van der Waals surface area contributed by atoms with Crippen LogP contribution in [0.25, 0.3) is 0 Å². The van der Waals surface area contributed by atoms with Crippen molar-refractivity contribution in [2.24, 2.45) is 10.9 Å². The van der Waals surface area contributed by atoms with E-state index in [0.717, 1.165) is 50.4 Å². The number of hydrogen-bond acceptors (Lipinski definition) is 3. The molecule has 5 nitrogen and oxygen atoms in total. The van der Waals surface area contributed by atoms with Crippen molar-refractivity contribution in [3.8, 4) is 0 Å². The third-order valence-corrected chi connectivity index (χ3v) is 4.76. The fourth-order valence-corrected chi connectivity index (χ4v) is 3.24. The van der Waals surface area contributed by atoms with E-state index in [1.165, 1.54) is 32.1 Å². The van der Waals surface area contributed by atoms with E-state index in [1.54, 1.807) is 6.26 Å². The van der Waals surface area contributed by atoms with E-state index in [0.29, 0.717) is 0 Å². The zero-order valence-electron chi connectivity index (χ0n) is 14.3. The summed E-state index contributed by atoms with van der Waals surface area (Å²) in [5.74, 6) is 2.92. The van der Waals surface area contributed by atoms with Gasteiger partial charge in [-0.05, 0) is 57.3 Å². The molecule has 1 saturated heterocycles. The number of furan rings is 1. The molecule has 2 heterocycles. The van der Waals surface area contributed by atoms with E-state index in [4.69, 9.17) is 9.41 Å². The lowest BCUT2D eigenvalue weighted by molar-refractivity contribution is 0.221. The van der Waals surface area contributed by atoms with Crippen LogP contribution in [-0.4, -0.2) is 43.6 Å². The van der Waals surface area contributed by atoms with Crippen molar-refractivity contribution in [2.45, 2.75) is 45.1 Å². The maximum Gasteiger partial charge on any atom is 0.191 e. The van der Waals surface area contributed by atoms with Gasteiger partial charge >= 0.3 is 0 Å². The molecule has 128 valence electrons. The predicted octanol–water partition coefficient (Wildman–Crippen LogP) is 2.77. The van der Waals surface area contributed by atoms with Crippen LogP contribution in [0.5, 0.6) is 0 Å². The summed E-state index contributed by atoms with van der Waals surface area (Å²) in [5, 5.41) is 6.83. The van der Waals surface area contributed by atoms with Gasteiger partial charge in [0.25, 0.3) is 0 Å². The summed E-state index contributed by atoms with van der Waals surface area (Å²) in [5.41, 5.74) is 0. The van der Waals surface area contributed by atoms with E-state index in [1.807, 2.05) is 6.07 Å². The average molecular weight is 318 g/mol. The standard InChI is InChI=1S/C18H30N4O/c1-2-19-18(20-10-9-15-7-8-15)21-14-16(17-6-5-13-23-17)22-11-3-4-12-22/h5-6,13,15-16H,2-4,7-12,14H2,1H3,(H2,19,20,21). The summed E-state index contributed by atoms with van der Waals surface area (Å²) in [6.45, 7) is 7.06. The van der Waals surface area contributed by atoms with Crippen molar-refractivity contribution in [2.75, 3.05) is 32.7 Å². The van der Waals surface area contributed by atoms with Crippen molar-refractivity contribution in [1.82, 2.24) is 15.5 Å². The molecule has 1 aromatic rings. The van der Waals surface area contributed by atoms with Crippen LogP contribution in [0.1, 0.15) is 50.8 Å². The van der Waals surface area contributed by atoms with Crippen molar-refractivity contribution in [3.05, 3.63) is 24.2 Å². The highest BCUT2D eigenvalue weighted by atomic mass is 16.3. The van der Waals surface area contributed by atoms with Crippen LogP contribution in [0.2, 0.25) is 0 Å². The minimum Gasteiger partial charge on any atom is -0.468 e. The zero-order valence-corrected chi connectivity index (χ0v) is 14.3. The van der Waals surface area contributed by atoms with E-state index < -0.39 is 0 Å². The number of hydrogen-bond donors (Lipinski definition) is 2. The molecule has 23 heavy (non-hydrogen) atoms. The SMILES string of the molecule is CCNC(=NCC(c1ccco1)N1CCCC1)NCCC1CC1. The number of guanidine groups is 1. The Labute approximate surface area is 139 Å². The first-order valence-electron chi connectivity index (χ1n) is 9.16. The molecule has 0 spiro atoms. The molecular formula is C18H30N4O. The third-order valence-electron chi connectivity index (χ3n) is 4.76. The second-order valence-corrected chi connectivity index (χ2v) is 6.65. The molecule has 1 aliphatic carbocycles.